The molecule has 0 radical (unpaired) electrons. The highest BCUT2D eigenvalue weighted by atomic mass is 32.2. The minimum Gasteiger partial charge on any atom is -0.331 e. The number of nitrogens with one attached hydrogen (secondary N) is 4. The molecule has 4 N–H and O–H groups in total. The molecule has 2 aromatic rings. The van der Waals surface area contributed by atoms with Crippen LogP contribution in [0, 0.1) is 0 Å². The lowest BCUT2D eigenvalue weighted by Gasteiger charge is -2.22. The fourth-order valence-electron chi connectivity index (χ4n) is 2.86. The van der Waals surface area contributed by atoms with Crippen LogP contribution in [0.15, 0.2) is 58.3 Å². The van der Waals surface area contributed by atoms with E-state index in [2.05, 4.69) is 20.8 Å². The van der Waals surface area contributed by atoms with Gasteiger partial charge in [0.1, 0.15) is 0 Å². The predicted octanol–water partition coefficient (Wildman–Crippen LogP) is 6.77. The number of hydrogen-bond donors (Lipinski definition) is 4. The van der Waals surface area contributed by atoms with E-state index >= 15 is 0 Å². The number of anilines is 2. The number of rotatable bonds is 14. The molecule has 0 saturated heterocycles. The normalized spacial score (nSPS) is 11.6. The maximum absolute atomic E-state index is 12.9. The zero-order valence-corrected chi connectivity index (χ0v) is 25.3. The molecule has 10 nitrogen and oxygen atoms in total. The van der Waals surface area contributed by atoms with Crippen LogP contribution in [0.25, 0.3) is 0 Å². The summed E-state index contributed by atoms with van der Waals surface area (Å²) >= 11 is 12.3. The number of hydrogen-bond acceptors (Lipinski definition) is 9. The van der Waals surface area contributed by atoms with Gasteiger partial charge in [0.25, 0.3) is 0 Å². The van der Waals surface area contributed by atoms with Gasteiger partial charge in [-0.1, -0.05) is 30.0 Å². The Morgan fingerprint density at radius 2 is 1.16 bits per heavy atom. The van der Waals surface area contributed by atoms with E-state index in [4.69, 9.17) is 42.5 Å². The molecule has 0 aromatic heterocycles. The zero-order valence-electron chi connectivity index (χ0n) is 21.0. The monoisotopic (exact) mass is 606 g/mol. The minimum atomic E-state index is -3.65. The summed E-state index contributed by atoms with van der Waals surface area (Å²) in [7, 11) is -7.29. The maximum Gasteiger partial charge on any atom is 0.434 e. The lowest BCUT2D eigenvalue weighted by molar-refractivity contribution is 0.215. The number of thiocarbonyl (C=S) groups is 2. The molecule has 15 heteroatoms. The van der Waals surface area contributed by atoms with Crippen LogP contribution < -0.4 is 20.8 Å². The largest absolute Gasteiger partial charge is 0.434 e. The molecule has 0 unspecified atom stereocenters. The third kappa shape index (κ3) is 11.0. The molecule has 0 aliphatic rings. The highest BCUT2D eigenvalue weighted by molar-refractivity contribution is 7.99. The predicted molar refractivity (Wildman–Crippen MR) is 157 cm³/mol. The topological polar surface area (TPSA) is 119 Å². The van der Waals surface area contributed by atoms with Crippen molar-refractivity contribution in [2.24, 2.45) is 0 Å². The van der Waals surface area contributed by atoms with E-state index in [0.717, 1.165) is 9.79 Å². The van der Waals surface area contributed by atoms with Gasteiger partial charge in [0.2, 0.25) is 0 Å². The van der Waals surface area contributed by atoms with Crippen molar-refractivity contribution in [3.05, 3.63) is 48.5 Å². The first-order chi connectivity index (χ1) is 17.7. The van der Waals surface area contributed by atoms with Crippen LogP contribution in [0.5, 0.6) is 0 Å². The smallest absolute Gasteiger partial charge is 0.331 e. The van der Waals surface area contributed by atoms with E-state index in [1.165, 1.54) is 0 Å². The van der Waals surface area contributed by atoms with Gasteiger partial charge in [-0.2, -0.15) is 0 Å². The van der Waals surface area contributed by atoms with E-state index in [0.29, 0.717) is 11.4 Å². The molecule has 37 heavy (non-hydrogen) atoms. The highest BCUT2D eigenvalue weighted by Gasteiger charge is 2.27. The Morgan fingerprint density at radius 3 is 1.62 bits per heavy atom. The Hall–Kier alpha value is -1.53. The Labute approximate surface area is 233 Å². The van der Waals surface area contributed by atoms with E-state index in [-0.39, 0.29) is 36.7 Å². The van der Waals surface area contributed by atoms with Gasteiger partial charge in [0.05, 0.1) is 37.8 Å². The molecule has 2 aromatic carbocycles. The lowest BCUT2D eigenvalue weighted by Crippen LogP contribution is -2.30. The van der Waals surface area contributed by atoms with E-state index in [9.17, 15) is 9.13 Å². The zero-order chi connectivity index (χ0) is 27.3. The van der Waals surface area contributed by atoms with Crippen LogP contribution in [0.3, 0.4) is 0 Å². The third-order valence-electron chi connectivity index (χ3n) is 4.14. The Morgan fingerprint density at radius 1 is 0.703 bits per heavy atom. The van der Waals surface area contributed by atoms with Gasteiger partial charge in [-0.3, -0.25) is 28.3 Å². The highest BCUT2D eigenvalue weighted by Crippen LogP contribution is 2.44. The van der Waals surface area contributed by atoms with E-state index < -0.39 is 15.5 Å². The first-order valence-electron chi connectivity index (χ1n) is 11.5. The van der Waals surface area contributed by atoms with Gasteiger partial charge in [0, 0.05) is 9.79 Å². The molecule has 0 saturated carbocycles. The van der Waals surface area contributed by atoms with Crippen molar-refractivity contribution in [3.63, 3.8) is 0 Å². The molecule has 0 aliphatic heterocycles. The molecule has 204 valence electrons. The summed E-state index contributed by atoms with van der Waals surface area (Å²) in [6.45, 7) is 7.49. The first-order valence-corrected chi connectivity index (χ1v) is 16.2. The van der Waals surface area contributed by atoms with Crippen LogP contribution in [0.4, 0.5) is 11.4 Å². The fraction of sp³-hybridized carbons (Fsp3) is 0.364. The maximum atomic E-state index is 12.9. The summed E-state index contributed by atoms with van der Waals surface area (Å²) in [5.74, 6) is 0. The van der Waals surface area contributed by atoms with Gasteiger partial charge < -0.3 is 10.6 Å². The van der Waals surface area contributed by atoms with Gasteiger partial charge in [0.15, 0.2) is 10.2 Å². The van der Waals surface area contributed by atoms with Gasteiger partial charge in [-0.15, -0.1) is 0 Å². The van der Waals surface area contributed by atoms with Crippen molar-refractivity contribution in [1.82, 2.24) is 10.2 Å². The first kappa shape index (κ1) is 31.7. The molecule has 0 amide bonds. The van der Waals surface area contributed by atoms with E-state index in [1.54, 1.807) is 45.5 Å². The molecule has 0 bridgehead atoms. The molecule has 2 rings (SSSR count). The second-order valence-corrected chi connectivity index (χ2v) is 12.4. The third-order valence-corrected chi connectivity index (χ3v) is 9.24. The van der Waals surface area contributed by atoms with Crippen molar-refractivity contribution in [2.45, 2.75) is 37.5 Å². The molecule has 0 spiro atoms. The van der Waals surface area contributed by atoms with Crippen molar-refractivity contribution in [2.75, 3.05) is 37.1 Å². The van der Waals surface area contributed by atoms with Crippen LogP contribution >= 0.6 is 51.7 Å². The number of benzene rings is 2. The van der Waals surface area contributed by atoms with E-state index in [1.807, 2.05) is 42.5 Å². The van der Waals surface area contributed by atoms with Crippen LogP contribution in [0.1, 0.15) is 27.7 Å². The summed E-state index contributed by atoms with van der Waals surface area (Å²) in [4.78, 5) is 1.94. The molecule has 0 heterocycles. The Balaban J connectivity index is 2.30. The summed E-state index contributed by atoms with van der Waals surface area (Å²) in [5, 5.41) is 11.3. The second-order valence-electron chi connectivity index (χ2n) is 6.92. The van der Waals surface area contributed by atoms with Crippen LogP contribution in [-0.2, 0) is 27.2 Å². The van der Waals surface area contributed by atoms with Crippen molar-refractivity contribution in [3.8, 4) is 0 Å². The molecular formula is C22H32N4O6P2S3. The summed E-state index contributed by atoms with van der Waals surface area (Å²) in [5.41, 5.74) is 1.01. The summed E-state index contributed by atoms with van der Waals surface area (Å²) in [6, 6.07) is 15.3. The van der Waals surface area contributed by atoms with Crippen LogP contribution in [-0.4, -0.2) is 36.7 Å². The summed E-state index contributed by atoms with van der Waals surface area (Å²) < 4.78 is 46.7. The van der Waals surface area contributed by atoms with Crippen molar-refractivity contribution < 1.29 is 27.2 Å². The van der Waals surface area contributed by atoms with Crippen molar-refractivity contribution >= 4 is 73.3 Å². The SMILES string of the molecule is CCOP(=O)(NC(=S)Nc1ccc(Sc2ccccc2)cc1NC(=S)NP(=O)(OCC)OCC)OCC. The lowest BCUT2D eigenvalue weighted by atomic mass is 10.2. The molecule has 0 aliphatic carbocycles. The molecule has 0 atom stereocenters. The fourth-order valence-corrected chi connectivity index (χ4v) is 7.00. The molecule has 0 fully saturated rings. The summed E-state index contributed by atoms with van der Waals surface area (Å²) in [6.07, 6.45) is 0. The van der Waals surface area contributed by atoms with Gasteiger partial charge in [-0.05, 0) is 82.5 Å². The standard InChI is InChI=1S/C22H32N4O6P2S3/c1-5-29-33(27,30-6-2)25-21(35)23-19-15-14-18(37-17-12-10-9-11-13-17)16-20(19)24-22(36)26-34(28,31-7-3)32-8-4/h9-16H,5-8H2,1-4H3,(H2,23,25,27,35)(H2,24,26,28,36). The Kier molecular flexibility index (Phi) is 13.5. The quantitative estimate of drug-likeness (QED) is 0.134. The average molecular weight is 607 g/mol. The van der Waals surface area contributed by atoms with Crippen LogP contribution in [0.2, 0.25) is 0 Å². The minimum absolute atomic E-state index is 0.0170. The average Bonchev–Trinajstić information content (AvgIpc) is 2.81. The van der Waals surface area contributed by atoms with Gasteiger partial charge >= 0.3 is 15.5 Å². The van der Waals surface area contributed by atoms with Gasteiger partial charge in [-0.25, -0.2) is 9.13 Å². The Bertz CT molecular complexity index is 1120. The van der Waals surface area contributed by atoms with Crippen molar-refractivity contribution in [1.29, 1.82) is 0 Å². The molecular weight excluding hydrogens is 574 g/mol. The second kappa shape index (κ2) is 15.8.